The molecule has 0 radical (unpaired) electrons. The van der Waals surface area contributed by atoms with Crippen molar-refractivity contribution in [2.24, 2.45) is 0 Å². The van der Waals surface area contributed by atoms with Crippen LogP contribution in [0, 0.1) is 0 Å². The minimum atomic E-state index is -3.78. The number of rotatable bonds is 7. The Bertz CT molecular complexity index is 986. The van der Waals surface area contributed by atoms with Crippen LogP contribution in [-0.4, -0.2) is 44.3 Å². The lowest BCUT2D eigenvalue weighted by molar-refractivity contribution is -0.124. The van der Waals surface area contributed by atoms with Crippen LogP contribution < -0.4 is 5.32 Å². The standard InChI is InChI=1S/C19H21ClN2O5S2/c1-13(16-5-4-10-28-16)21-18(23)12-27-19(24)14-6-7-15(20)17(11-14)29(25,26)22-8-2-3-9-22/h4-7,10-11,13H,2-3,8-9,12H2,1H3,(H,21,23). The number of carbonyl (C=O) groups is 2. The summed E-state index contributed by atoms with van der Waals surface area (Å²) in [5, 5.41) is 4.69. The highest BCUT2D eigenvalue weighted by Crippen LogP contribution is 2.28. The second kappa shape index (κ2) is 9.25. The largest absolute Gasteiger partial charge is 0.452 e. The molecule has 0 spiro atoms. The second-order valence-electron chi connectivity index (χ2n) is 6.64. The third-order valence-corrected chi connectivity index (χ3v) is 7.97. The van der Waals surface area contributed by atoms with Crippen molar-refractivity contribution in [3.05, 3.63) is 51.2 Å². The van der Waals surface area contributed by atoms with Crippen molar-refractivity contribution in [2.45, 2.75) is 30.7 Å². The third-order valence-electron chi connectivity index (χ3n) is 4.53. The minimum absolute atomic E-state index is 0.0197. The van der Waals surface area contributed by atoms with E-state index in [0.717, 1.165) is 17.7 Å². The second-order valence-corrected chi connectivity index (χ2v) is 9.93. The van der Waals surface area contributed by atoms with E-state index in [4.69, 9.17) is 16.3 Å². The van der Waals surface area contributed by atoms with Gasteiger partial charge in [0.05, 0.1) is 16.6 Å². The molecule has 0 aliphatic carbocycles. The summed E-state index contributed by atoms with van der Waals surface area (Å²) in [7, 11) is -3.78. The zero-order chi connectivity index (χ0) is 21.0. The zero-order valence-electron chi connectivity index (χ0n) is 15.8. The molecule has 10 heteroatoms. The molecule has 2 aromatic rings. The molecule has 0 bridgehead atoms. The van der Waals surface area contributed by atoms with Crippen LogP contribution in [0.25, 0.3) is 0 Å². The maximum atomic E-state index is 12.8. The van der Waals surface area contributed by atoms with E-state index in [1.165, 1.54) is 33.8 Å². The lowest BCUT2D eigenvalue weighted by Crippen LogP contribution is -2.31. The molecule has 0 saturated carbocycles. The van der Waals surface area contributed by atoms with Gasteiger partial charge in [0.2, 0.25) is 10.0 Å². The van der Waals surface area contributed by atoms with E-state index in [1.807, 2.05) is 24.4 Å². The number of benzene rings is 1. The Morgan fingerprint density at radius 2 is 2.00 bits per heavy atom. The van der Waals surface area contributed by atoms with Crippen molar-refractivity contribution in [1.82, 2.24) is 9.62 Å². The van der Waals surface area contributed by atoms with Crippen molar-refractivity contribution in [1.29, 1.82) is 0 Å². The van der Waals surface area contributed by atoms with Gasteiger partial charge in [0.1, 0.15) is 4.90 Å². The number of sulfonamides is 1. The van der Waals surface area contributed by atoms with Crippen LogP contribution in [0.15, 0.2) is 40.6 Å². The summed E-state index contributed by atoms with van der Waals surface area (Å²) in [6.45, 7) is 2.22. The van der Waals surface area contributed by atoms with Gasteiger partial charge in [0, 0.05) is 18.0 Å². The number of hydrogen-bond acceptors (Lipinski definition) is 6. The first-order valence-corrected chi connectivity index (χ1v) is 11.8. The first kappa shape index (κ1) is 21.8. The summed E-state index contributed by atoms with van der Waals surface area (Å²) >= 11 is 7.59. The maximum absolute atomic E-state index is 12.8. The van der Waals surface area contributed by atoms with Crippen LogP contribution in [0.4, 0.5) is 0 Å². The highest BCUT2D eigenvalue weighted by Gasteiger charge is 2.30. The molecule has 2 heterocycles. The number of halogens is 1. The molecule has 3 rings (SSSR count). The van der Waals surface area contributed by atoms with Gasteiger partial charge in [0.15, 0.2) is 6.61 Å². The molecule has 1 aliphatic rings. The van der Waals surface area contributed by atoms with Gasteiger partial charge in [-0.3, -0.25) is 4.79 Å². The number of ether oxygens (including phenoxy) is 1. The van der Waals surface area contributed by atoms with Crippen LogP contribution in [0.3, 0.4) is 0 Å². The van der Waals surface area contributed by atoms with Crippen molar-refractivity contribution in [2.75, 3.05) is 19.7 Å². The molecule has 7 nitrogen and oxygen atoms in total. The van der Waals surface area contributed by atoms with E-state index in [0.29, 0.717) is 13.1 Å². The molecule has 1 fully saturated rings. The van der Waals surface area contributed by atoms with Gasteiger partial charge in [-0.15, -0.1) is 11.3 Å². The average molecular weight is 457 g/mol. The monoisotopic (exact) mass is 456 g/mol. The van der Waals surface area contributed by atoms with Crippen molar-refractivity contribution >= 4 is 44.8 Å². The first-order valence-electron chi connectivity index (χ1n) is 9.08. The molecule has 1 unspecified atom stereocenters. The summed E-state index contributed by atoms with van der Waals surface area (Å²) < 4.78 is 31.9. The fourth-order valence-electron chi connectivity index (χ4n) is 3.00. The smallest absolute Gasteiger partial charge is 0.338 e. The molecule has 1 saturated heterocycles. The Labute approximate surface area is 178 Å². The van der Waals surface area contributed by atoms with E-state index in [2.05, 4.69) is 5.32 Å². The van der Waals surface area contributed by atoms with Gasteiger partial charge in [-0.05, 0) is 49.4 Å². The van der Waals surface area contributed by atoms with Crippen LogP contribution in [-0.2, 0) is 19.6 Å². The fraction of sp³-hybridized carbons (Fsp3) is 0.368. The molecule has 1 aliphatic heterocycles. The summed E-state index contributed by atoms with van der Waals surface area (Å²) in [4.78, 5) is 25.2. The van der Waals surface area contributed by atoms with Crippen molar-refractivity contribution in [3.63, 3.8) is 0 Å². The molecule has 1 N–H and O–H groups in total. The topological polar surface area (TPSA) is 92.8 Å². The van der Waals surface area contributed by atoms with Gasteiger partial charge < -0.3 is 10.1 Å². The normalized spacial score (nSPS) is 15.8. The Hall–Kier alpha value is -1.94. The highest BCUT2D eigenvalue weighted by atomic mass is 35.5. The average Bonchev–Trinajstić information content (AvgIpc) is 3.40. The van der Waals surface area contributed by atoms with E-state index < -0.39 is 28.5 Å². The molecule has 29 heavy (non-hydrogen) atoms. The zero-order valence-corrected chi connectivity index (χ0v) is 18.1. The minimum Gasteiger partial charge on any atom is -0.452 e. The summed E-state index contributed by atoms with van der Waals surface area (Å²) in [5.74, 6) is -1.24. The number of carbonyl (C=O) groups excluding carboxylic acids is 2. The predicted molar refractivity (Wildman–Crippen MR) is 111 cm³/mol. The Morgan fingerprint density at radius 1 is 1.28 bits per heavy atom. The third kappa shape index (κ3) is 5.16. The molecule has 1 aromatic heterocycles. The van der Waals surface area contributed by atoms with E-state index in [1.54, 1.807) is 0 Å². The molecular formula is C19H21ClN2O5S2. The molecule has 1 atom stereocenters. The van der Waals surface area contributed by atoms with Gasteiger partial charge >= 0.3 is 5.97 Å². The van der Waals surface area contributed by atoms with E-state index >= 15 is 0 Å². The number of amides is 1. The van der Waals surface area contributed by atoms with E-state index in [9.17, 15) is 18.0 Å². The molecule has 1 aromatic carbocycles. The maximum Gasteiger partial charge on any atom is 0.338 e. The molecule has 156 valence electrons. The Morgan fingerprint density at radius 3 is 2.66 bits per heavy atom. The van der Waals surface area contributed by atoms with Crippen LogP contribution >= 0.6 is 22.9 Å². The Balaban J connectivity index is 1.64. The van der Waals surface area contributed by atoms with Crippen molar-refractivity contribution < 1.29 is 22.7 Å². The van der Waals surface area contributed by atoms with Gasteiger partial charge in [-0.2, -0.15) is 4.31 Å². The van der Waals surface area contributed by atoms with Crippen LogP contribution in [0.2, 0.25) is 5.02 Å². The van der Waals surface area contributed by atoms with E-state index in [-0.39, 0.29) is 21.5 Å². The van der Waals surface area contributed by atoms with Crippen molar-refractivity contribution in [3.8, 4) is 0 Å². The van der Waals surface area contributed by atoms with Gasteiger partial charge in [-0.25, -0.2) is 13.2 Å². The SMILES string of the molecule is CC(NC(=O)COC(=O)c1ccc(Cl)c(S(=O)(=O)N2CCCC2)c1)c1cccs1. The number of nitrogens with zero attached hydrogens (tertiary/aromatic N) is 1. The molecular weight excluding hydrogens is 436 g/mol. The quantitative estimate of drug-likeness (QED) is 0.646. The van der Waals surface area contributed by atoms with Gasteiger partial charge in [0.25, 0.3) is 5.91 Å². The Kier molecular flexibility index (Phi) is 6.94. The van der Waals surface area contributed by atoms with Crippen LogP contribution in [0.1, 0.15) is 41.0 Å². The number of hydrogen-bond donors (Lipinski definition) is 1. The summed E-state index contributed by atoms with van der Waals surface area (Å²) in [5.41, 5.74) is 0.0197. The number of nitrogens with one attached hydrogen (secondary N) is 1. The fourth-order valence-corrected chi connectivity index (χ4v) is 5.75. The highest BCUT2D eigenvalue weighted by molar-refractivity contribution is 7.89. The summed E-state index contributed by atoms with van der Waals surface area (Å²) in [6, 6.07) is 7.51. The lowest BCUT2D eigenvalue weighted by Gasteiger charge is -2.17. The number of esters is 1. The first-order chi connectivity index (χ1) is 13.8. The number of thiophene rings is 1. The summed E-state index contributed by atoms with van der Waals surface area (Å²) in [6.07, 6.45) is 1.58. The molecule has 1 amide bonds. The lowest BCUT2D eigenvalue weighted by atomic mass is 10.2. The predicted octanol–water partition coefficient (Wildman–Crippen LogP) is 3.22. The van der Waals surface area contributed by atoms with Crippen LogP contribution in [0.5, 0.6) is 0 Å². The van der Waals surface area contributed by atoms with Gasteiger partial charge in [-0.1, -0.05) is 17.7 Å².